The third-order valence-corrected chi connectivity index (χ3v) is 3.75. The number of nitrogens with zero attached hydrogens (tertiary/aromatic N) is 2. The van der Waals surface area contributed by atoms with Crippen LogP contribution < -0.4 is 5.32 Å². The van der Waals surface area contributed by atoms with Crippen molar-refractivity contribution in [3.63, 3.8) is 0 Å². The van der Waals surface area contributed by atoms with Gasteiger partial charge in [0.15, 0.2) is 0 Å². The zero-order chi connectivity index (χ0) is 14.5. The van der Waals surface area contributed by atoms with Crippen molar-refractivity contribution in [1.82, 2.24) is 15.1 Å². The number of nitrogens with one attached hydrogen (secondary N) is 1. The van der Waals surface area contributed by atoms with E-state index >= 15 is 0 Å². The summed E-state index contributed by atoms with van der Waals surface area (Å²) in [5.74, 6) is 0. The highest BCUT2D eigenvalue weighted by Crippen LogP contribution is 2.25. The summed E-state index contributed by atoms with van der Waals surface area (Å²) in [7, 11) is 0. The van der Waals surface area contributed by atoms with Gasteiger partial charge in [-0.3, -0.25) is 4.68 Å². The van der Waals surface area contributed by atoms with Crippen LogP contribution in [-0.2, 0) is 6.54 Å². The lowest BCUT2D eigenvalue weighted by Gasteiger charge is -2.16. The molecule has 3 nitrogen and oxygen atoms in total. The lowest BCUT2D eigenvalue weighted by molar-refractivity contribution is 0.537. The molecule has 2 rings (SSSR count). The molecule has 1 atom stereocenters. The Morgan fingerprint density at radius 3 is 2.35 bits per heavy atom. The van der Waals surface area contributed by atoms with Crippen LogP contribution in [0.4, 0.5) is 0 Å². The Morgan fingerprint density at radius 1 is 1.15 bits per heavy atom. The van der Waals surface area contributed by atoms with Crippen LogP contribution in [0.3, 0.4) is 0 Å². The lowest BCUT2D eigenvalue weighted by atomic mass is 10.00. The number of hydrogen-bond donors (Lipinski definition) is 1. The third-order valence-electron chi connectivity index (χ3n) is 3.75. The standard InChI is InChI=1S/C17H25N3/c1-5-17(18-6-2)15-10-8-14(9-11-15)16-12-20(7-3)19-13(16)4/h8-12,17-18H,5-7H2,1-4H3. The number of aromatic nitrogens is 2. The zero-order valence-corrected chi connectivity index (χ0v) is 13.0. The molecule has 0 aliphatic carbocycles. The van der Waals surface area contributed by atoms with Crippen molar-refractivity contribution in [3.8, 4) is 11.1 Å². The highest BCUT2D eigenvalue weighted by Gasteiger charge is 2.10. The summed E-state index contributed by atoms with van der Waals surface area (Å²) in [6.45, 7) is 10.5. The summed E-state index contributed by atoms with van der Waals surface area (Å²) < 4.78 is 1.99. The average molecular weight is 271 g/mol. The SMILES string of the molecule is CCNC(CC)c1ccc(-c2cn(CC)nc2C)cc1. The van der Waals surface area contributed by atoms with E-state index in [0.717, 1.165) is 25.2 Å². The maximum atomic E-state index is 4.51. The van der Waals surface area contributed by atoms with Crippen LogP contribution in [0, 0.1) is 6.92 Å². The molecule has 1 heterocycles. The van der Waals surface area contributed by atoms with Gasteiger partial charge in [-0.25, -0.2) is 0 Å². The first-order valence-corrected chi connectivity index (χ1v) is 7.57. The van der Waals surface area contributed by atoms with E-state index in [0.29, 0.717) is 6.04 Å². The first-order chi connectivity index (χ1) is 9.69. The molecule has 0 saturated carbocycles. The summed E-state index contributed by atoms with van der Waals surface area (Å²) >= 11 is 0. The molecule has 1 aromatic heterocycles. The van der Waals surface area contributed by atoms with Crippen LogP contribution in [-0.4, -0.2) is 16.3 Å². The van der Waals surface area contributed by atoms with Crippen molar-refractivity contribution in [2.75, 3.05) is 6.54 Å². The van der Waals surface area contributed by atoms with E-state index in [1.54, 1.807) is 0 Å². The lowest BCUT2D eigenvalue weighted by Crippen LogP contribution is -2.19. The van der Waals surface area contributed by atoms with Gasteiger partial charge in [0, 0.05) is 24.3 Å². The van der Waals surface area contributed by atoms with Crippen LogP contribution in [0.1, 0.15) is 44.5 Å². The fraction of sp³-hybridized carbons (Fsp3) is 0.471. The van der Waals surface area contributed by atoms with E-state index < -0.39 is 0 Å². The Bertz CT molecular complexity index is 540. The van der Waals surface area contributed by atoms with Gasteiger partial charge in [0.05, 0.1) is 5.69 Å². The Morgan fingerprint density at radius 2 is 1.85 bits per heavy atom. The molecular formula is C17H25N3. The van der Waals surface area contributed by atoms with Gasteiger partial charge >= 0.3 is 0 Å². The van der Waals surface area contributed by atoms with Crippen molar-refractivity contribution in [1.29, 1.82) is 0 Å². The molecule has 20 heavy (non-hydrogen) atoms. The number of rotatable bonds is 6. The molecule has 0 bridgehead atoms. The van der Waals surface area contributed by atoms with Gasteiger partial charge in [-0.05, 0) is 37.9 Å². The molecule has 0 aliphatic rings. The van der Waals surface area contributed by atoms with Gasteiger partial charge in [0.1, 0.15) is 0 Å². The summed E-state index contributed by atoms with van der Waals surface area (Å²) in [4.78, 5) is 0. The summed E-state index contributed by atoms with van der Waals surface area (Å²) in [6, 6.07) is 9.33. The predicted octanol–water partition coefficient (Wildman–Crippen LogP) is 3.94. The Balaban J connectivity index is 2.24. The molecule has 0 fully saturated rings. The largest absolute Gasteiger partial charge is 0.310 e. The van der Waals surface area contributed by atoms with Gasteiger partial charge < -0.3 is 5.32 Å². The fourth-order valence-corrected chi connectivity index (χ4v) is 2.60. The van der Waals surface area contributed by atoms with Crippen LogP contribution >= 0.6 is 0 Å². The minimum Gasteiger partial charge on any atom is -0.310 e. The number of aryl methyl sites for hydroxylation is 2. The second kappa shape index (κ2) is 6.71. The first-order valence-electron chi connectivity index (χ1n) is 7.57. The van der Waals surface area contributed by atoms with E-state index in [4.69, 9.17) is 0 Å². The Labute approximate surface area is 122 Å². The molecule has 0 saturated heterocycles. The molecule has 0 spiro atoms. The quantitative estimate of drug-likeness (QED) is 0.862. The molecule has 0 radical (unpaired) electrons. The normalized spacial score (nSPS) is 12.6. The van der Waals surface area contributed by atoms with Crippen molar-refractivity contribution < 1.29 is 0 Å². The zero-order valence-electron chi connectivity index (χ0n) is 13.0. The van der Waals surface area contributed by atoms with Crippen LogP contribution in [0.25, 0.3) is 11.1 Å². The highest BCUT2D eigenvalue weighted by molar-refractivity contribution is 5.65. The second-order valence-corrected chi connectivity index (χ2v) is 5.12. The monoisotopic (exact) mass is 271 g/mol. The maximum absolute atomic E-state index is 4.51. The highest BCUT2D eigenvalue weighted by atomic mass is 15.3. The van der Waals surface area contributed by atoms with Crippen molar-refractivity contribution in [3.05, 3.63) is 41.7 Å². The Hall–Kier alpha value is -1.61. The Kier molecular flexibility index (Phi) is 4.96. The predicted molar refractivity (Wildman–Crippen MR) is 84.8 cm³/mol. The topological polar surface area (TPSA) is 29.9 Å². The van der Waals surface area contributed by atoms with Gasteiger partial charge in [0.25, 0.3) is 0 Å². The molecule has 108 valence electrons. The van der Waals surface area contributed by atoms with E-state index in [-0.39, 0.29) is 0 Å². The molecule has 0 amide bonds. The molecule has 1 aromatic carbocycles. The minimum absolute atomic E-state index is 0.452. The molecular weight excluding hydrogens is 246 g/mol. The maximum Gasteiger partial charge on any atom is 0.0672 e. The smallest absolute Gasteiger partial charge is 0.0672 e. The average Bonchev–Trinajstić information content (AvgIpc) is 2.86. The third kappa shape index (κ3) is 3.10. The van der Waals surface area contributed by atoms with E-state index in [9.17, 15) is 0 Å². The van der Waals surface area contributed by atoms with Crippen LogP contribution in [0.2, 0.25) is 0 Å². The van der Waals surface area contributed by atoms with Crippen LogP contribution in [0.5, 0.6) is 0 Å². The fourth-order valence-electron chi connectivity index (χ4n) is 2.60. The van der Waals surface area contributed by atoms with Gasteiger partial charge in [0.2, 0.25) is 0 Å². The molecule has 3 heteroatoms. The van der Waals surface area contributed by atoms with E-state index in [1.165, 1.54) is 16.7 Å². The molecule has 0 aliphatic heterocycles. The van der Waals surface area contributed by atoms with Crippen LogP contribution in [0.15, 0.2) is 30.5 Å². The van der Waals surface area contributed by atoms with Gasteiger partial charge in [-0.15, -0.1) is 0 Å². The minimum atomic E-state index is 0.452. The van der Waals surface area contributed by atoms with E-state index in [1.807, 2.05) is 4.68 Å². The second-order valence-electron chi connectivity index (χ2n) is 5.12. The van der Waals surface area contributed by atoms with Gasteiger partial charge in [-0.1, -0.05) is 38.1 Å². The summed E-state index contributed by atoms with van der Waals surface area (Å²) in [6.07, 6.45) is 3.24. The summed E-state index contributed by atoms with van der Waals surface area (Å²) in [5.41, 5.74) is 4.93. The first kappa shape index (κ1) is 14.8. The van der Waals surface area contributed by atoms with Gasteiger partial charge in [-0.2, -0.15) is 5.10 Å². The molecule has 2 aromatic rings. The number of benzene rings is 1. The summed E-state index contributed by atoms with van der Waals surface area (Å²) in [5, 5.41) is 8.03. The van der Waals surface area contributed by atoms with Crippen molar-refractivity contribution in [2.24, 2.45) is 0 Å². The number of hydrogen-bond acceptors (Lipinski definition) is 2. The van der Waals surface area contributed by atoms with Crippen molar-refractivity contribution >= 4 is 0 Å². The van der Waals surface area contributed by atoms with E-state index in [2.05, 4.69) is 68.6 Å². The van der Waals surface area contributed by atoms with Crippen molar-refractivity contribution in [2.45, 2.75) is 46.7 Å². The molecule has 1 N–H and O–H groups in total. The molecule has 1 unspecified atom stereocenters.